The Labute approximate surface area is 108 Å². The molecule has 1 unspecified atom stereocenters. The minimum Gasteiger partial charge on any atom is -0.293 e. The van der Waals surface area contributed by atoms with Crippen molar-refractivity contribution in [3.05, 3.63) is 37.4 Å². The van der Waals surface area contributed by atoms with E-state index in [0.29, 0.717) is 9.13 Å². The summed E-state index contributed by atoms with van der Waals surface area (Å²) in [6.07, 6.45) is 0. The molecule has 0 aromatic heterocycles. The van der Waals surface area contributed by atoms with Gasteiger partial charge in [0.05, 0.1) is 13.3 Å². The van der Waals surface area contributed by atoms with Gasteiger partial charge in [-0.15, -0.1) is 0 Å². The van der Waals surface area contributed by atoms with Crippen LogP contribution in [-0.2, 0) is 0 Å². The van der Waals surface area contributed by atoms with Crippen LogP contribution in [0.4, 0.5) is 5.69 Å². The highest BCUT2D eigenvalue weighted by atomic mass is 127. The van der Waals surface area contributed by atoms with Gasteiger partial charge in [-0.05, 0) is 41.6 Å². The van der Waals surface area contributed by atoms with Crippen LogP contribution in [0.5, 0.6) is 0 Å². The third-order valence-electron chi connectivity index (χ3n) is 1.79. The SMILES string of the molecule is CC(Br)C(=O)c1ccc([N+](=O)[O-])c(I)c1. The number of nitro benzene ring substituents is 1. The first kappa shape index (κ1) is 12.6. The number of carbonyl (C=O) groups is 1. The lowest BCUT2D eigenvalue weighted by Crippen LogP contribution is -2.10. The first-order valence-corrected chi connectivity index (χ1v) is 6.05. The van der Waals surface area contributed by atoms with E-state index in [1.54, 1.807) is 6.92 Å². The highest BCUT2D eigenvalue weighted by molar-refractivity contribution is 14.1. The number of hydrogen-bond acceptors (Lipinski definition) is 3. The summed E-state index contributed by atoms with van der Waals surface area (Å²) in [6.45, 7) is 1.72. The van der Waals surface area contributed by atoms with Gasteiger partial charge in [-0.2, -0.15) is 0 Å². The van der Waals surface area contributed by atoms with Gasteiger partial charge in [0.25, 0.3) is 5.69 Å². The lowest BCUT2D eigenvalue weighted by Gasteiger charge is -2.03. The van der Waals surface area contributed by atoms with Crippen LogP contribution in [0.2, 0.25) is 0 Å². The fourth-order valence-corrected chi connectivity index (χ4v) is 2.01. The summed E-state index contributed by atoms with van der Waals surface area (Å²) in [5.41, 5.74) is 0.503. The van der Waals surface area contributed by atoms with Gasteiger partial charge in [-0.1, -0.05) is 15.9 Å². The van der Waals surface area contributed by atoms with Crippen LogP contribution < -0.4 is 0 Å². The summed E-state index contributed by atoms with van der Waals surface area (Å²) in [7, 11) is 0. The quantitative estimate of drug-likeness (QED) is 0.265. The maximum absolute atomic E-state index is 11.6. The molecule has 0 aliphatic carbocycles. The van der Waals surface area contributed by atoms with Gasteiger partial charge in [0.1, 0.15) is 0 Å². The van der Waals surface area contributed by atoms with Crippen LogP contribution in [0.1, 0.15) is 17.3 Å². The highest BCUT2D eigenvalue weighted by Crippen LogP contribution is 2.23. The number of carbonyl (C=O) groups excluding carboxylic acids is 1. The average molecular weight is 384 g/mol. The molecule has 1 rings (SSSR count). The van der Waals surface area contributed by atoms with Crippen molar-refractivity contribution in [1.29, 1.82) is 0 Å². The zero-order valence-corrected chi connectivity index (χ0v) is 11.5. The van der Waals surface area contributed by atoms with E-state index in [4.69, 9.17) is 0 Å². The molecule has 0 aliphatic heterocycles. The predicted octanol–water partition coefficient (Wildman–Crippen LogP) is 3.17. The van der Waals surface area contributed by atoms with Gasteiger partial charge in [-0.3, -0.25) is 14.9 Å². The third kappa shape index (κ3) is 2.97. The Morgan fingerprint density at radius 3 is 2.60 bits per heavy atom. The van der Waals surface area contributed by atoms with Crippen LogP contribution in [0.3, 0.4) is 0 Å². The Hall–Kier alpha value is -0.500. The smallest absolute Gasteiger partial charge is 0.282 e. The van der Waals surface area contributed by atoms with Crippen LogP contribution >= 0.6 is 38.5 Å². The number of rotatable bonds is 3. The molecule has 4 nitrogen and oxygen atoms in total. The van der Waals surface area contributed by atoms with Crippen molar-refractivity contribution in [2.75, 3.05) is 0 Å². The average Bonchev–Trinajstić information content (AvgIpc) is 2.15. The molecule has 6 heteroatoms. The highest BCUT2D eigenvalue weighted by Gasteiger charge is 2.17. The zero-order valence-electron chi connectivity index (χ0n) is 7.74. The molecule has 0 saturated heterocycles. The molecule has 80 valence electrons. The molecule has 0 radical (unpaired) electrons. The lowest BCUT2D eigenvalue weighted by atomic mass is 10.1. The van der Waals surface area contributed by atoms with Gasteiger partial charge in [0.15, 0.2) is 5.78 Å². The van der Waals surface area contributed by atoms with Crippen LogP contribution in [-0.4, -0.2) is 15.5 Å². The van der Waals surface area contributed by atoms with Crippen molar-refractivity contribution in [1.82, 2.24) is 0 Å². The minimum atomic E-state index is -0.465. The number of halogens is 2. The summed E-state index contributed by atoms with van der Waals surface area (Å²) in [5, 5.41) is 10.5. The lowest BCUT2D eigenvalue weighted by molar-refractivity contribution is -0.385. The van der Waals surface area contributed by atoms with Crippen molar-refractivity contribution >= 4 is 50.0 Å². The maximum atomic E-state index is 11.6. The number of ketones is 1. The number of benzene rings is 1. The standard InChI is InChI=1S/C9H7BrINO3/c1-5(10)9(13)6-2-3-8(12(14)15)7(11)4-6/h2-5H,1H3. The zero-order chi connectivity index (χ0) is 11.6. The van der Waals surface area contributed by atoms with Crippen LogP contribution in [0.25, 0.3) is 0 Å². The largest absolute Gasteiger partial charge is 0.293 e. The second-order valence-corrected chi connectivity index (χ2v) is 5.44. The first-order chi connectivity index (χ1) is 6.93. The third-order valence-corrected chi connectivity index (χ3v) is 3.07. The van der Waals surface area contributed by atoms with E-state index in [9.17, 15) is 14.9 Å². The van der Waals surface area contributed by atoms with E-state index in [0.717, 1.165) is 0 Å². The summed E-state index contributed by atoms with van der Waals surface area (Å²) < 4.78 is 0.469. The van der Waals surface area contributed by atoms with Crippen molar-refractivity contribution < 1.29 is 9.72 Å². The van der Waals surface area contributed by atoms with E-state index in [-0.39, 0.29) is 16.3 Å². The molecule has 15 heavy (non-hydrogen) atoms. The van der Waals surface area contributed by atoms with Crippen molar-refractivity contribution in [2.24, 2.45) is 0 Å². The monoisotopic (exact) mass is 383 g/mol. The molecule has 0 spiro atoms. The van der Waals surface area contributed by atoms with Crippen LogP contribution in [0.15, 0.2) is 18.2 Å². The molecular weight excluding hydrogens is 377 g/mol. The first-order valence-electron chi connectivity index (χ1n) is 4.05. The van der Waals surface area contributed by atoms with Gasteiger partial charge < -0.3 is 0 Å². The molecular formula is C9H7BrINO3. The Morgan fingerprint density at radius 1 is 1.60 bits per heavy atom. The molecule has 0 amide bonds. The minimum absolute atomic E-state index is 0.0226. The summed E-state index contributed by atoms with van der Waals surface area (Å²) in [4.78, 5) is 21.4. The molecule has 0 aliphatic rings. The Balaban J connectivity index is 3.12. The van der Waals surface area contributed by atoms with Gasteiger partial charge >= 0.3 is 0 Å². The van der Waals surface area contributed by atoms with Crippen molar-refractivity contribution in [2.45, 2.75) is 11.8 Å². The second-order valence-electron chi connectivity index (χ2n) is 2.90. The van der Waals surface area contributed by atoms with Gasteiger partial charge in [-0.25, -0.2) is 0 Å². The van der Waals surface area contributed by atoms with Gasteiger partial charge in [0.2, 0.25) is 0 Å². The fourth-order valence-electron chi connectivity index (χ4n) is 1.04. The Morgan fingerprint density at radius 2 is 2.20 bits per heavy atom. The summed E-state index contributed by atoms with van der Waals surface area (Å²) in [6, 6.07) is 4.35. The Kier molecular flexibility index (Phi) is 4.21. The summed E-state index contributed by atoms with van der Waals surface area (Å²) >= 11 is 5.01. The maximum Gasteiger partial charge on any atom is 0.282 e. The van der Waals surface area contributed by atoms with Gasteiger partial charge in [0, 0.05) is 11.6 Å². The van der Waals surface area contributed by atoms with Crippen molar-refractivity contribution in [3.63, 3.8) is 0 Å². The van der Waals surface area contributed by atoms with E-state index >= 15 is 0 Å². The fraction of sp³-hybridized carbons (Fsp3) is 0.222. The van der Waals surface area contributed by atoms with Crippen LogP contribution in [0, 0.1) is 13.7 Å². The molecule has 0 N–H and O–H groups in total. The van der Waals surface area contributed by atoms with E-state index in [1.807, 2.05) is 22.6 Å². The topological polar surface area (TPSA) is 60.2 Å². The predicted molar refractivity (Wildman–Crippen MR) is 68.5 cm³/mol. The molecule has 0 fully saturated rings. The Bertz CT molecular complexity index is 420. The van der Waals surface area contributed by atoms with E-state index < -0.39 is 4.92 Å². The molecule has 1 atom stereocenters. The van der Waals surface area contributed by atoms with E-state index in [2.05, 4.69) is 15.9 Å². The van der Waals surface area contributed by atoms with E-state index in [1.165, 1.54) is 18.2 Å². The summed E-state index contributed by atoms with van der Waals surface area (Å²) in [5.74, 6) is -0.0807. The number of alkyl halides is 1. The number of hydrogen-bond donors (Lipinski definition) is 0. The number of Topliss-reactive ketones (excluding diaryl/α,β-unsaturated/α-hetero) is 1. The normalized spacial score (nSPS) is 12.2. The van der Waals surface area contributed by atoms with Crippen molar-refractivity contribution in [3.8, 4) is 0 Å². The number of nitro groups is 1. The molecule has 0 saturated carbocycles. The second kappa shape index (κ2) is 5.02. The molecule has 1 aromatic rings. The molecule has 0 heterocycles. The molecule has 1 aromatic carbocycles. The molecule has 0 bridgehead atoms. The number of nitrogens with zero attached hydrogens (tertiary/aromatic N) is 1.